The van der Waals surface area contributed by atoms with Gasteiger partial charge in [0.2, 0.25) is 10.0 Å². The highest BCUT2D eigenvalue weighted by molar-refractivity contribution is 7.89. The number of hydrogen-bond acceptors (Lipinski definition) is 4. The fourth-order valence-electron chi connectivity index (χ4n) is 4.63. The summed E-state index contributed by atoms with van der Waals surface area (Å²) in [5.41, 5.74) is -0.250. The van der Waals surface area contributed by atoms with E-state index in [1.807, 2.05) is 0 Å². The van der Waals surface area contributed by atoms with Gasteiger partial charge in [0.1, 0.15) is 0 Å². The summed E-state index contributed by atoms with van der Waals surface area (Å²) in [7, 11) is -3.66. The number of nitrogens with zero attached hydrogens (tertiary/aromatic N) is 2. The minimum absolute atomic E-state index is 0.0367. The third-order valence-corrected chi connectivity index (χ3v) is 8.40. The molecule has 2 aromatic rings. The van der Waals surface area contributed by atoms with Gasteiger partial charge in [-0.25, -0.2) is 13.2 Å². The van der Waals surface area contributed by atoms with E-state index in [9.17, 15) is 26.4 Å². The molecular formula is C24H29F3N4O3S. The predicted molar refractivity (Wildman–Crippen MR) is 128 cm³/mol. The molecule has 7 nitrogen and oxygen atoms in total. The molecule has 0 aromatic heterocycles. The average Bonchev–Trinajstić information content (AvgIpc) is 3.29. The molecule has 4 rings (SSSR count). The van der Waals surface area contributed by atoms with E-state index in [4.69, 9.17) is 0 Å². The maximum Gasteiger partial charge on any atom is 0.416 e. The number of sulfonamides is 1. The van der Waals surface area contributed by atoms with Gasteiger partial charge < -0.3 is 15.5 Å². The molecule has 2 aromatic carbocycles. The lowest BCUT2D eigenvalue weighted by Gasteiger charge is -2.32. The molecular weight excluding hydrogens is 481 g/mol. The molecule has 2 aliphatic heterocycles. The van der Waals surface area contributed by atoms with Crippen molar-refractivity contribution >= 4 is 27.4 Å². The number of alkyl halides is 3. The van der Waals surface area contributed by atoms with Gasteiger partial charge in [-0.1, -0.05) is 6.42 Å². The summed E-state index contributed by atoms with van der Waals surface area (Å²) in [6.45, 7) is 3.28. The zero-order valence-corrected chi connectivity index (χ0v) is 20.0. The molecule has 11 heteroatoms. The van der Waals surface area contributed by atoms with Crippen LogP contribution in [0.15, 0.2) is 53.4 Å². The molecule has 2 aliphatic rings. The Labute approximate surface area is 203 Å². The van der Waals surface area contributed by atoms with Crippen LogP contribution >= 0.6 is 0 Å². The highest BCUT2D eigenvalue weighted by Crippen LogP contribution is 2.30. The van der Waals surface area contributed by atoms with Crippen LogP contribution in [0.1, 0.15) is 37.7 Å². The number of nitrogens with one attached hydrogen (secondary N) is 2. The number of benzene rings is 2. The Balaban J connectivity index is 1.36. The van der Waals surface area contributed by atoms with Crippen LogP contribution in [0.3, 0.4) is 0 Å². The van der Waals surface area contributed by atoms with Crippen molar-refractivity contribution in [3.05, 3.63) is 54.1 Å². The maximum atomic E-state index is 13.3. The Morgan fingerprint density at radius 3 is 2.00 bits per heavy atom. The van der Waals surface area contributed by atoms with Gasteiger partial charge in [0.15, 0.2) is 0 Å². The Kier molecular flexibility index (Phi) is 7.67. The number of amides is 2. The molecule has 2 N–H and O–H groups in total. The number of likely N-dealkylation sites (tertiary alicyclic amines) is 1. The van der Waals surface area contributed by atoms with E-state index in [1.165, 1.54) is 30.7 Å². The molecule has 0 spiro atoms. The van der Waals surface area contributed by atoms with E-state index in [0.717, 1.165) is 69.6 Å². The van der Waals surface area contributed by atoms with Gasteiger partial charge >= 0.3 is 12.2 Å². The van der Waals surface area contributed by atoms with Gasteiger partial charge in [0.05, 0.1) is 10.5 Å². The number of anilines is 2. The first-order valence-corrected chi connectivity index (χ1v) is 13.2. The molecule has 0 radical (unpaired) electrons. The molecule has 0 bridgehead atoms. The lowest BCUT2D eigenvalue weighted by Crippen LogP contribution is -2.44. The lowest BCUT2D eigenvalue weighted by molar-refractivity contribution is -0.137. The number of halogens is 3. The van der Waals surface area contributed by atoms with Crippen LogP contribution in [0, 0.1) is 0 Å². The van der Waals surface area contributed by atoms with E-state index in [0.29, 0.717) is 12.2 Å². The van der Waals surface area contributed by atoms with Crippen molar-refractivity contribution in [2.45, 2.75) is 49.2 Å². The van der Waals surface area contributed by atoms with Crippen molar-refractivity contribution in [2.75, 3.05) is 36.8 Å². The fourth-order valence-corrected chi connectivity index (χ4v) is 6.31. The van der Waals surface area contributed by atoms with Crippen LogP contribution in [-0.2, 0) is 16.2 Å². The zero-order valence-electron chi connectivity index (χ0n) is 19.2. The van der Waals surface area contributed by atoms with E-state index in [2.05, 4.69) is 15.5 Å². The third kappa shape index (κ3) is 6.33. The van der Waals surface area contributed by atoms with Crippen LogP contribution in [0.4, 0.5) is 29.3 Å². The average molecular weight is 511 g/mol. The molecule has 2 saturated heterocycles. The molecule has 2 fully saturated rings. The number of urea groups is 1. The van der Waals surface area contributed by atoms with E-state index in [1.54, 1.807) is 4.31 Å². The first-order chi connectivity index (χ1) is 16.6. The minimum atomic E-state index is -4.45. The highest BCUT2D eigenvalue weighted by atomic mass is 32.2. The first kappa shape index (κ1) is 25.5. The van der Waals surface area contributed by atoms with Crippen molar-refractivity contribution in [1.29, 1.82) is 0 Å². The predicted octanol–water partition coefficient (Wildman–Crippen LogP) is 4.99. The van der Waals surface area contributed by atoms with Gasteiger partial charge in [-0.2, -0.15) is 17.5 Å². The van der Waals surface area contributed by atoms with Crippen LogP contribution in [0.2, 0.25) is 0 Å². The Morgan fingerprint density at radius 2 is 1.43 bits per heavy atom. The number of carbonyl (C=O) groups excluding carboxylic acids is 1. The quantitative estimate of drug-likeness (QED) is 0.574. The second-order valence-corrected chi connectivity index (χ2v) is 10.8. The molecule has 1 atom stereocenters. The largest absolute Gasteiger partial charge is 0.416 e. The first-order valence-electron chi connectivity index (χ1n) is 11.7. The smallest absolute Gasteiger partial charge is 0.308 e. The normalized spacial score (nSPS) is 20.0. The highest BCUT2D eigenvalue weighted by Gasteiger charge is 2.36. The van der Waals surface area contributed by atoms with Gasteiger partial charge in [-0.15, -0.1) is 0 Å². The fraction of sp³-hybridized carbons (Fsp3) is 0.458. The van der Waals surface area contributed by atoms with Gasteiger partial charge in [0, 0.05) is 30.5 Å². The van der Waals surface area contributed by atoms with Crippen molar-refractivity contribution in [1.82, 2.24) is 9.21 Å². The summed E-state index contributed by atoms with van der Waals surface area (Å²) >= 11 is 0. The van der Waals surface area contributed by atoms with Gasteiger partial charge in [-0.3, -0.25) is 0 Å². The third-order valence-electron chi connectivity index (χ3n) is 6.43. The number of hydrogen-bond donors (Lipinski definition) is 2. The standard InChI is InChI=1S/C24H29F3N4O3S/c25-24(26,27)18-6-8-19(9-7-18)28-23(32)29-20-10-12-22(13-11-20)35(33,34)31-16-4-5-21(31)17-30-14-2-1-3-15-30/h6-13,21H,1-5,14-17H2,(H2,28,29,32)/t21-/m0/s1. The zero-order chi connectivity index (χ0) is 25.1. The van der Waals surface area contributed by atoms with Crippen molar-refractivity contribution in [3.8, 4) is 0 Å². The number of piperidine rings is 1. The molecule has 35 heavy (non-hydrogen) atoms. The SMILES string of the molecule is O=C(Nc1ccc(C(F)(F)F)cc1)Nc1ccc(S(=O)(=O)N2CCC[C@H]2CN2CCCCC2)cc1. The van der Waals surface area contributed by atoms with Crippen molar-refractivity contribution in [3.63, 3.8) is 0 Å². The maximum absolute atomic E-state index is 13.3. The summed E-state index contributed by atoms with van der Waals surface area (Å²) in [4.78, 5) is 14.7. The Hall–Kier alpha value is -2.63. The van der Waals surface area contributed by atoms with E-state index in [-0.39, 0.29) is 16.6 Å². The number of rotatable bonds is 6. The summed E-state index contributed by atoms with van der Waals surface area (Å²) in [6, 6.07) is 9.30. The van der Waals surface area contributed by atoms with Gasteiger partial charge in [-0.05, 0) is 87.3 Å². The molecule has 190 valence electrons. The summed E-state index contributed by atoms with van der Waals surface area (Å²) in [5, 5.41) is 5.01. The molecule has 2 heterocycles. The number of carbonyl (C=O) groups is 1. The molecule has 0 saturated carbocycles. The van der Waals surface area contributed by atoms with Crippen molar-refractivity contribution in [2.24, 2.45) is 0 Å². The van der Waals surface area contributed by atoms with Crippen LogP contribution in [0.25, 0.3) is 0 Å². The molecule has 2 amide bonds. The van der Waals surface area contributed by atoms with E-state index >= 15 is 0 Å². The second kappa shape index (κ2) is 10.5. The topological polar surface area (TPSA) is 81.8 Å². The Morgan fingerprint density at radius 1 is 0.857 bits per heavy atom. The summed E-state index contributed by atoms with van der Waals surface area (Å²) < 4.78 is 66.2. The second-order valence-electron chi connectivity index (χ2n) is 8.95. The monoisotopic (exact) mass is 510 g/mol. The van der Waals surface area contributed by atoms with Gasteiger partial charge in [0.25, 0.3) is 0 Å². The Bertz CT molecular complexity index is 1120. The minimum Gasteiger partial charge on any atom is -0.308 e. The lowest BCUT2D eigenvalue weighted by atomic mass is 10.1. The van der Waals surface area contributed by atoms with Crippen LogP contribution < -0.4 is 10.6 Å². The summed E-state index contributed by atoms with van der Waals surface area (Å²) in [5.74, 6) is 0. The molecule has 0 aliphatic carbocycles. The molecule has 0 unspecified atom stereocenters. The van der Waals surface area contributed by atoms with E-state index < -0.39 is 27.8 Å². The summed E-state index contributed by atoms with van der Waals surface area (Å²) in [6.07, 6.45) is 0.763. The van der Waals surface area contributed by atoms with Crippen LogP contribution in [0.5, 0.6) is 0 Å². The van der Waals surface area contributed by atoms with Crippen molar-refractivity contribution < 1.29 is 26.4 Å². The van der Waals surface area contributed by atoms with Crippen LogP contribution in [-0.4, -0.2) is 55.9 Å².